The normalized spacial score (nSPS) is 10.8. The second-order valence-electron chi connectivity index (χ2n) is 5.27. The first-order valence-electron chi connectivity index (χ1n) is 7.05. The van der Waals surface area contributed by atoms with Gasteiger partial charge in [-0.15, -0.1) is 0 Å². The lowest BCUT2D eigenvalue weighted by atomic mass is 10.3. The lowest BCUT2D eigenvalue weighted by Crippen LogP contribution is -2.26. The van der Waals surface area contributed by atoms with Gasteiger partial charge in [-0.1, -0.05) is 23.7 Å². The zero-order valence-electron chi connectivity index (χ0n) is 13.1. The van der Waals surface area contributed by atoms with Gasteiger partial charge in [0, 0.05) is 26.0 Å². The number of amides is 1. The molecule has 0 atom stereocenters. The van der Waals surface area contributed by atoms with Gasteiger partial charge in [-0.2, -0.15) is 10.2 Å². The highest BCUT2D eigenvalue weighted by Gasteiger charge is 2.19. The van der Waals surface area contributed by atoms with Gasteiger partial charge in [-0.25, -0.2) is 4.68 Å². The average molecular weight is 330 g/mol. The van der Waals surface area contributed by atoms with Crippen molar-refractivity contribution in [1.29, 1.82) is 0 Å². The Hall–Kier alpha value is -2.60. The maximum Gasteiger partial charge on any atom is 0.278 e. The Kier molecular flexibility index (Phi) is 3.92. The van der Waals surface area contributed by atoms with E-state index in [1.807, 2.05) is 25.1 Å². The molecule has 0 fully saturated rings. The maximum absolute atomic E-state index is 12.6. The third-order valence-electron chi connectivity index (χ3n) is 3.57. The van der Waals surface area contributed by atoms with Gasteiger partial charge >= 0.3 is 0 Å². The number of rotatable bonds is 3. The van der Waals surface area contributed by atoms with Crippen molar-refractivity contribution >= 4 is 23.2 Å². The Morgan fingerprint density at radius 2 is 2.04 bits per heavy atom. The Morgan fingerprint density at radius 1 is 1.30 bits per heavy atom. The summed E-state index contributed by atoms with van der Waals surface area (Å²) in [5, 5.41) is 9.07. The zero-order chi connectivity index (χ0) is 16.6. The molecular formula is C16H16ClN5O. The van der Waals surface area contributed by atoms with E-state index in [0.717, 1.165) is 11.4 Å². The van der Waals surface area contributed by atoms with Gasteiger partial charge in [0.25, 0.3) is 5.91 Å². The fraction of sp³-hybridized carbons (Fsp3) is 0.188. The largest absolute Gasteiger partial charge is 0.307 e. The van der Waals surface area contributed by atoms with Crippen molar-refractivity contribution < 1.29 is 4.79 Å². The number of aromatic nitrogens is 4. The van der Waals surface area contributed by atoms with Crippen LogP contribution in [-0.2, 0) is 7.05 Å². The number of halogens is 1. The molecule has 0 bridgehead atoms. The second kappa shape index (κ2) is 5.89. The molecule has 2 heterocycles. The summed E-state index contributed by atoms with van der Waals surface area (Å²) in [4.78, 5) is 14.1. The molecule has 118 valence electrons. The lowest BCUT2D eigenvalue weighted by Gasteiger charge is -2.12. The molecule has 0 saturated carbocycles. The van der Waals surface area contributed by atoms with Crippen molar-refractivity contribution in [2.24, 2.45) is 7.05 Å². The molecule has 0 N–H and O–H groups in total. The lowest BCUT2D eigenvalue weighted by molar-refractivity contribution is 0.0988. The standard InChI is InChI=1S/C16H16ClN5O/c1-11-8-14(16(23)21(3)12-9-18-20(2)10-12)19-22(11)15-7-5-4-6-13(15)17/h4-10H,1-3H3. The quantitative estimate of drug-likeness (QED) is 0.742. The monoisotopic (exact) mass is 329 g/mol. The average Bonchev–Trinajstić information content (AvgIpc) is 3.12. The fourth-order valence-corrected chi connectivity index (χ4v) is 2.53. The first kappa shape index (κ1) is 15.3. The van der Waals surface area contributed by atoms with Crippen LogP contribution in [0.25, 0.3) is 5.69 Å². The first-order chi connectivity index (χ1) is 11.0. The third kappa shape index (κ3) is 2.85. The van der Waals surface area contributed by atoms with E-state index >= 15 is 0 Å². The van der Waals surface area contributed by atoms with Crippen LogP contribution >= 0.6 is 11.6 Å². The molecule has 2 aromatic heterocycles. The summed E-state index contributed by atoms with van der Waals surface area (Å²) >= 11 is 6.21. The number of aryl methyl sites for hydroxylation is 2. The number of nitrogens with zero attached hydrogens (tertiary/aromatic N) is 5. The van der Waals surface area contributed by atoms with Crippen LogP contribution in [0.3, 0.4) is 0 Å². The van der Waals surface area contributed by atoms with E-state index in [2.05, 4.69) is 10.2 Å². The van der Waals surface area contributed by atoms with Gasteiger partial charge in [0.05, 0.1) is 22.6 Å². The van der Waals surface area contributed by atoms with E-state index < -0.39 is 0 Å². The van der Waals surface area contributed by atoms with Crippen LogP contribution in [-0.4, -0.2) is 32.5 Å². The highest BCUT2D eigenvalue weighted by atomic mass is 35.5. The van der Waals surface area contributed by atoms with Crippen molar-refractivity contribution in [3.63, 3.8) is 0 Å². The summed E-state index contributed by atoms with van der Waals surface area (Å²) in [6.45, 7) is 1.89. The first-order valence-corrected chi connectivity index (χ1v) is 7.43. The van der Waals surface area contributed by atoms with Crippen molar-refractivity contribution in [3.05, 3.63) is 59.1 Å². The van der Waals surface area contributed by atoms with Crippen molar-refractivity contribution in [3.8, 4) is 5.69 Å². The molecule has 0 aliphatic carbocycles. The molecule has 3 rings (SSSR count). The molecule has 3 aromatic rings. The van der Waals surface area contributed by atoms with E-state index in [0.29, 0.717) is 16.4 Å². The SMILES string of the molecule is Cc1cc(C(=O)N(C)c2cnn(C)c2)nn1-c1ccccc1Cl. The fourth-order valence-electron chi connectivity index (χ4n) is 2.32. The van der Waals surface area contributed by atoms with E-state index in [1.54, 1.807) is 48.0 Å². The summed E-state index contributed by atoms with van der Waals surface area (Å²) in [5.74, 6) is -0.202. The van der Waals surface area contributed by atoms with Gasteiger partial charge in [0.15, 0.2) is 5.69 Å². The summed E-state index contributed by atoms with van der Waals surface area (Å²) < 4.78 is 3.32. The predicted molar refractivity (Wildman–Crippen MR) is 89.3 cm³/mol. The summed E-state index contributed by atoms with van der Waals surface area (Å²) in [5.41, 5.74) is 2.65. The smallest absolute Gasteiger partial charge is 0.278 e. The van der Waals surface area contributed by atoms with Crippen LogP contribution in [0.1, 0.15) is 16.2 Å². The molecule has 6 nitrogen and oxygen atoms in total. The van der Waals surface area contributed by atoms with Crippen LogP contribution in [0.15, 0.2) is 42.7 Å². The summed E-state index contributed by atoms with van der Waals surface area (Å²) in [6, 6.07) is 9.14. The Morgan fingerprint density at radius 3 is 2.70 bits per heavy atom. The van der Waals surface area contributed by atoms with E-state index in [-0.39, 0.29) is 5.91 Å². The minimum atomic E-state index is -0.202. The zero-order valence-corrected chi connectivity index (χ0v) is 13.8. The van der Waals surface area contributed by atoms with Crippen LogP contribution < -0.4 is 4.90 Å². The molecule has 0 aliphatic rings. The van der Waals surface area contributed by atoms with E-state index in [9.17, 15) is 4.79 Å². The Bertz CT molecular complexity index is 867. The van der Waals surface area contributed by atoms with Crippen molar-refractivity contribution in [2.45, 2.75) is 6.92 Å². The molecular weight excluding hydrogens is 314 g/mol. The number of anilines is 1. The van der Waals surface area contributed by atoms with Crippen molar-refractivity contribution in [2.75, 3.05) is 11.9 Å². The second-order valence-corrected chi connectivity index (χ2v) is 5.68. The Balaban J connectivity index is 1.94. The van der Waals surface area contributed by atoms with Crippen LogP contribution in [0.4, 0.5) is 5.69 Å². The Labute approximate surface area is 138 Å². The number of hydrogen-bond donors (Lipinski definition) is 0. The molecule has 0 aliphatic heterocycles. The topological polar surface area (TPSA) is 56.0 Å². The molecule has 0 unspecified atom stereocenters. The summed E-state index contributed by atoms with van der Waals surface area (Å²) in [7, 11) is 3.50. The van der Waals surface area contributed by atoms with Gasteiger partial charge in [-0.3, -0.25) is 9.48 Å². The molecule has 0 spiro atoms. The third-order valence-corrected chi connectivity index (χ3v) is 3.89. The highest BCUT2D eigenvalue weighted by molar-refractivity contribution is 6.32. The minimum Gasteiger partial charge on any atom is -0.307 e. The van der Waals surface area contributed by atoms with E-state index in [1.165, 1.54) is 4.90 Å². The highest BCUT2D eigenvalue weighted by Crippen LogP contribution is 2.22. The van der Waals surface area contributed by atoms with E-state index in [4.69, 9.17) is 11.6 Å². The number of para-hydroxylation sites is 1. The van der Waals surface area contributed by atoms with Crippen molar-refractivity contribution in [1.82, 2.24) is 19.6 Å². The maximum atomic E-state index is 12.6. The van der Waals surface area contributed by atoms with Crippen LogP contribution in [0.5, 0.6) is 0 Å². The summed E-state index contributed by atoms with van der Waals surface area (Å²) in [6.07, 6.45) is 3.41. The molecule has 0 radical (unpaired) electrons. The number of carbonyl (C=O) groups excluding carboxylic acids is 1. The van der Waals surface area contributed by atoms with Gasteiger partial charge in [0.1, 0.15) is 0 Å². The number of hydrogen-bond acceptors (Lipinski definition) is 3. The molecule has 0 saturated heterocycles. The number of carbonyl (C=O) groups is 1. The number of benzene rings is 1. The molecule has 1 amide bonds. The molecule has 23 heavy (non-hydrogen) atoms. The van der Waals surface area contributed by atoms with Gasteiger partial charge < -0.3 is 4.90 Å². The molecule has 1 aromatic carbocycles. The molecule has 7 heteroatoms. The van der Waals surface area contributed by atoms with Crippen LogP contribution in [0.2, 0.25) is 5.02 Å². The predicted octanol–water partition coefficient (Wildman–Crippen LogP) is 2.84. The van der Waals surface area contributed by atoms with Gasteiger partial charge in [0.2, 0.25) is 0 Å². The minimum absolute atomic E-state index is 0.202. The van der Waals surface area contributed by atoms with Crippen LogP contribution in [0, 0.1) is 6.92 Å². The van der Waals surface area contributed by atoms with Gasteiger partial charge in [-0.05, 0) is 25.1 Å².